The van der Waals surface area contributed by atoms with Crippen LogP contribution >= 0.6 is 0 Å². The maximum absolute atomic E-state index is 4.43. The molecule has 0 aliphatic heterocycles. The number of aryl methyl sites for hydroxylation is 1. The Labute approximate surface area is 111 Å². The van der Waals surface area contributed by atoms with Crippen LogP contribution in [0.3, 0.4) is 0 Å². The smallest absolute Gasteiger partial charge is 0.0404 e. The molecule has 0 radical (unpaired) electrons. The average molecular weight is 246 g/mol. The third kappa shape index (κ3) is 4.09. The second-order valence-electron chi connectivity index (χ2n) is 5.42. The van der Waals surface area contributed by atoms with Crippen LogP contribution in [0.2, 0.25) is 0 Å². The first kappa shape index (κ1) is 13.5. The molecule has 1 N–H and O–H groups in total. The molecule has 1 aromatic heterocycles. The zero-order valence-corrected chi connectivity index (χ0v) is 11.6. The number of nitrogens with one attached hydrogen (secondary N) is 1. The highest BCUT2D eigenvalue weighted by atomic mass is 14.9. The van der Waals surface area contributed by atoms with Crippen molar-refractivity contribution in [3.8, 4) is 0 Å². The SMILES string of the molecule is CCNC(CCc1ccccn1)C1CCCCC1. The zero-order chi connectivity index (χ0) is 12.6. The van der Waals surface area contributed by atoms with Gasteiger partial charge in [-0.1, -0.05) is 32.3 Å². The minimum atomic E-state index is 0.692. The minimum Gasteiger partial charge on any atom is -0.314 e. The Hall–Kier alpha value is -0.890. The number of hydrogen-bond donors (Lipinski definition) is 1. The summed E-state index contributed by atoms with van der Waals surface area (Å²) in [5, 5.41) is 3.69. The second-order valence-corrected chi connectivity index (χ2v) is 5.42. The largest absolute Gasteiger partial charge is 0.314 e. The van der Waals surface area contributed by atoms with Crippen molar-refractivity contribution >= 4 is 0 Å². The van der Waals surface area contributed by atoms with Crippen molar-refractivity contribution < 1.29 is 0 Å². The standard InChI is InChI=1S/C16H26N2/c1-2-17-16(14-8-4-3-5-9-14)12-11-15-10-6-7-13-18-15/h6-7,10,13-14,16-17H,2-5,8-9,11-12H2,1H3. The zero-order valence-electron chi connectivity index (χ0n) is 11.6. The Morgan fingerprint density at radius 2 is 2.11 bits per heavy atom. The van der Waals surface area contributed by atoms with Crippen LogP contribution in [-0.2, 0) is 6.42 Å². The van der Waals surface area contributed by atoms with Gasteiger partial charge in [-0.05, 0) is 50.3 Å². The van der Waals surface area contributed by atoms with E-state index >= 15 is 0 Å². The average Bonchev–Trinajstić information content (AvgIpc) is 2.45. The molecule has 1 heterocycles. The molecule has 100 valence electrons. The van der Waals surface area contributed by atoms with Crippen molar-refractivity contribution in [1.29, 1.82) is 0 Å². The van der Waals surface area contributed by atoms with Crippen molar-refractivity contribution in [1.82, 2.24) is 10.3 Å². The molecule has 18 heavy (non-hydrogen) atoms. The van der Waals surface area contributed by atoms with Gasteiger partial charge in [-0.15, -0.1) is 0 Å². The molecule has 0 bridgehead atoms. The Balaban J connectivity index is 1.85. The van der Waals surface area contributed by atoms with Crippen LogP contribution in [-0.4, -0.2) is 17.6 Å². The monoisotopic (exact) mass is 246 g/mol. The molecule has 0 amide bonds. The topological polar surface area (TPSA) is 24.9 Å². The summed E-state index contributed by atoms with van der Waals surface area (Å²) in [6.07, 6.45) is 11.4. The predicted molar refractivity (Wildman–Crippen MR) is 76.6 cm³/mol. The van der Waals surface area contributed by atoms with Gasteiger partial charge in [-0.3, -0.25) is 4.98 Å². The number of hydrogen-bond acceptors (Lipinski definition) is 2. The van der Waals surface area contributed by atoms with Gasteiger partial charge in [-0.25, -0.2) is 0 Å². The van der Waals surface area contributed by atoms with Crippen molar-refractivity contribution in [3.05, 3.63) is 30.1 Å². The maximum Gasteiger partial charge on any atom is 0.0404 e. The van der Waals surface area contributed by atoms with E-state index in [2.05, 4.69) is 29.4 Å². The molecule has 2 heteroatoms. The molecule has 1 saturated carbocycles. The summed E-state index contributed by atoms with van der Waals surface area (Å²) in [7, 11) is 0. The number of nitrogens with zero attached hydrogens (tertiary/aromatic N) is 1. The lowest BCUT2D eigenvalue weighted by atomic mass is 9.82. The van der Waals surface area contributed by atoms with E-state index in [0.29, 0.717) is 6.04 Å². The third-order valence-electron chi connectivity index (χ3n) is 4.12. The molecule has 1 aromatic rings. The van der Waals surface area contributed by atoms with E-state index in [9.17, 15) is 0 Å². The summed E-state index contributed by atoms with van der Waals surface area (Å²) in [5.74, 6) is 0.891. The molecule has 0 aromatic carbocycles. The summed E-state index contributed by atoms with van der Waals surface area (Å²) in [4.78, 5) is 4.43. The molecule has 1 atom stereocenters. The lowest BCUT2D eigenvalue weighted by Gasteiger charge is -2.31. The molecule has 2 rings (SSSR count). The fraction of sp³-hybridized carbons (Fsp3) is 0.688. The van der Waals surface area contributed by atoms with E-state index in [1.807, 2.05) is 12.3 Å². The van der Waals surface area contributed by atoms with Crippen LogP contribution < -0.4 is 5.32 Å². The van der Waals surface area contributed by atoms with E-state index < -0.39 is 0 Å². The van der Waals surface area contributed by atoms with E-state index in [1.165, 1.54) is 44.2 Å². The van der Waals surface area contributed by atoms with Gasteiger partial charge in [0.2, 0.25) is 0 Å². The molecule has 2 nitrogen and oxygen atoms in total. The van der Waals surface area contributed by atoms with Crippen LogP contribution in [0.25, 0.3) is 0 Å². The van der Waals surface area contributed by atoms with Crippen LogP contribution in [0.15, 0.2) is 24.4 Å². The summed E-state index contributed by atoms with van der Waals surface area (Å²) in [6, 6.07) is 6.92. The minimum absolute atomic E-state index is 0.692. The number of rotatable bonds is 6. The Morgan fingerprint density at radius 1 is 1.28 bits per heavy atom. The highest BCUT2D eigenvalue weighted by molar-refractivity contribution is 5.04. The Bertz CT molecular complexity index is 317. The van der Waals surface area contributed by atoms with Crippen molar-refractivity contribution in [3.63, 3.8) is 0 Å². The lowest BCUT2D eigenvalue weighted by Crippen LogP contribution is -2.37. The molecule has 1 fully saturated rings. The molecule has 0 saturated heterocycles. The first-order chi connectivity index (χ1) is 8.90. The van der Waals surface area contributed by atoms with Crippen LogP contribution in [0, 0.1) is 5.92 Å². The Morgan fingerprint density at radius 3 is 2.78 bits per heavy atom. The molecule has 1 aliphatic rings. The molecular weight excluding hydrogens is 220 g/mol. The molecular formula is C16H26N2. The van der Waals surface area contributed by atoms with Gasteiger partial charge < -0.3 is 5.32 Å². The molecule has 0 spiro atoms. The highest BCUT2D eigenvalue weighted by Gasteiger charge is 2.22. The molecule has 1 unspecified atom stereocenters. The van der Waals surface area contributed by atoms with E-state index in [4.69, 9.17) is 0 Å². The van der Waals surface area contributed by atoms with Crippen molar-refractivity contribution in [2.45, 2.75) is 57.9 Å². The van der Waals surface area contributed by atoms with Crippen molar-refractivity contribution in [2.24, 2.45) is 5.92 Å². The van der Waals surface area contributed by atoms with Gasteiger partial charge in [-0.2, -0.15) is 0 Å². The van der Waals surface area contributed by atoms with E-state index in [-0.39, 0.29) is 0 Å². The van der Waals surface area contributed by atoms with Gasteiger partial charge in [0, 0.05) is 17.9 Å². The van der Waals surface area contributed by atoms with Gasteiger partial charge >= 0.3 is 0 Å². The van der Waals surface area contributed by atoms with Gasteiger partial charge in [0.25, 0.3) is 0 Å². The first-order valence-corrected chi connectivity index (χ1v) is 7.53. The van der Waals surface area contributed by atoms with Crippen LogP contribution in [0.4, 0.5) is 0 Å². The maximum atomic E-state index is 4.43. The number of pyridine rings is 1. The Kier molecular flexibility index (Phi) is 5.66. The quantitative estimate of drug-likeness (QED) is 0.830. The summed E-state index contributed by atoms with van der Waals surface area (Å²) in [6.45, 7) is 3.31. The summed E-state index contributed by atoms with van der Waals surface area (Å²) >= 11 is 0. The number of aromatic nitrogens is 1. The lowest BCUT2D eigenvalue weighted by molar-refractivity contribution is 0.260. The predicted octanol–water partition coefficient (Wildman–Crippen LogP) is 3.57. The van der Waals surface area contributed by atoms with Crippen LogP contribution in [0.5, 0.6) is 0 Å². The summed E-state index contributed by atoms with van der Waals surface area (Å²) < 4.78 is 0. The third-order valence-corrected chi connectivity index (χ3v) is 4.12. The van der Waals surface area contributed by atoms with E-state index in [1.54, 1.807) is 0 Å². The van der Waals surface area contributed by atoms with Gasteiger partial charge in [0.05, 0.1) is 0 Å². The second kappa shape index (κ2) is 7.52. The highest BCUT2D eigenvalue weighted by Crippen LogP contribution is 2.28. The molecule has 1 aliphatic carbocycles. The summed E-state index contributed by atoms with van der Waals surface area (Å²) in [5.41, 5.74) is 1.23. The van der Waals surface area contributed by atoms with Gasteiger partial charge in [0.15, 0.2) is 0 Å². The van der Waals surface area contributed by atoms with Gasteiger partial charge in [0.1, 0.15) is 0 Å². The van der Waals surface area contributed by atoms with Crippen LogP contribution in [0.1, 0.15) is 51.1 Å². The normalized spacial score (nSPS) is 18.7. The van der Waals surface area contributed by atoms with E-state index in [0.717, 1.165) is 18.9 Å². The first-order valence-electron chi connectivity index (χ1n) is 7.53. The van der Waals surface area contributed by atoms with Crippen molar-refractivity contribution in [2.75, 3.05) is 6.54 Å². The fourth-order valence-corrected chi connectivity index (χ4v) is 3.15. The fourth-order valence-electron chi connectivity index (χ4n) is 3.15.